The largest absolute Gasteiger partial charge is 0.544 e. The van der Waals surface area contributed by atoms with Crippen molar-refractivity contribution in [1.82, 2.24) is 0 Å². The Morgan fingerprint density at radius 2 is 0.875 bits per heavy atom. The van der Waals surface area contributed by atoms with E-state index in [1.54, 1.807) is 21.1 Å². The fraction of sp³-hybridized carbons (Fsp3) is 0.521. The van der Waals surface area contributed by atoms with E-state index in [2.05, 4.69) is 111 Å². The van der Waals surface area contributed by atoms with Crippen LogP contribution in [0.15, 0.2) is 122 Å². The minimum atomic E-state index is -1.15. The van der Waals surface area contributed by atoms with Gasteiger partial charge in [0.2, 0.25) is 0 Å². The van der Waals surface area contributed by atoms with E-state index in [0.29, 0.717) is 12.8 Å². The molecule has 0 saturated heterocycles. The van der Waals surface area contributed by atoms with Gasteiger partial charge < -0.3 is 28.6 Å². The Morgan fingerprint density at radius 1 is 0.518 bits per heavy atom. The molecule has 0 fully saturated rings. The summed E-state index contributed by atoms with van der Waals surface area (Å²) in [5.41, 5.74) is 0. The van der Waals surface area contributed by atoms with Crippen LogP contribution in [0.2, 0.25) is 0 Å². The van der Waals surface area contributed by atoms with Crippen LogP contribution in [0.5, 0.6) is 0 Å². The van der Waals surface area contributed by atoms with Crippen molar-refractivity contribution in [3.8, 4) is 0 Å². The molecule has 56 heavy (non-hydrogen) atoms. The number of ether oxygens (including phenoxy) is 3. The average molecular weight is 776 g/mol. The zero-order valence-electron chi connectivity index (χ0n) is 35.2. The minimum Gasteiger partial charge on any atom is -0.544 e. The topological polar surface area (TPSA) is 102 Å². The highest BCUT2D eigenvalue weighted by Gasteiger charge is 2.25. The summed E-state index contributed by atoms with van der Waals surface area (Å²) in [5, 5.41) is 11.6. The molecule has 8 nitrogen and oxygen atoms in total. The predicted molar refractivity (Wildman–Crippen MR) is 230 cm³/mol. The van der Waals surface area contributed by atoms with Crippen molar-refractivity contribution in [2.24, 2.45) is 0 Å². The SMILES string of the molecule is CC/C=C\C/C=C\C/C=C\C/C=C\C/C=C\C/C=C\CCC(=O)OC(COCCC(C(=O)[O-])[N+](C)(C)C)COC(=O)CC/C=C\C/C=C\C/C=C\C/C=C\CC. The van der Waals surface area contributed by atoms with E-state index >= 15 is 0 Å². The van der Waals surface area contributed by atoms with E-state index < -0.39 is 30.1 Å². The maximum absolute atomic E-state index is 12.7. The molecule has 312 valence electrons. The van der Waals surface area contributed by atoms with Gasteiger partial charge >= 0.3 is 11.9 Å². The quantitative estimate of drug-likeness (QED) is 0.0278. The van der Waals surface area contributed by atoms with E-state index in [1.807, 2.05) is 24.3 Å². The Balaban J connectivity index is 4.64. The van der Waals surface area contributed by atoms with Crippen LogP contribution in [-0.2, 0) is 28.6 Å². The zero-order chi connectivity index (χ0) is 41.4. The maximum Gasteiger partial charge on any atom is 0.306 e. The van der Waals surface area contributed by atoms with Crippen molar-refractivity contribution in [2.75, 3.05) is 41.0 Å². The number of allylic oxidation sites excluding steroid dienone is 20. The predicted octanol–water partition coefficient (Wildman–Crippen LogP) is 9.74. The van der Waals surface area contributed by atoms with Gasteiger partial charge in [0.05, 0.1) is 40.3 Å². The molecule has 0 aliphatic carbocycles. The number of esters is 2. The summed E-state index contributed by atoms with van der Waals surface area (Å²) >= 11 is 0. The molecular weight excluding hydrogens is 703 g/mol. The molecule has 0 amide bonds. The Kier molecular flexibility index (Phi) is 34.8. The van der Waals surface area contributed by atoms with E-state index in [-0.39, 0.29) is 43.6 Å². The molecule has 0 heterocycles. The number of likely N-dealkylation sites (N-methyl/N-ethyl adjacent to an activating group) is 1. The van der Waals surface area contributed by atoms with Gasteiger partial charge in [0.1, 0.15) is 12.6 Å². The van der Waals surface area contributed by atoms with Gasteiger partial charge in [-0.25, -0.2) is 0 Å². The highest BCUT2D eigenvalue weighted by Crippen LogP contribution is 2.09. The molecule has 0 bridgehead atoms. The van der Waals surface area contributed by atoms with Gasteiger partial charge in [0.15, 0.2) is 6.10 Å². The first-order valence-corrected chi connectivity index (χ1v) is 20.6. The molecular formula is C48H73NO7. The van der Waals surface area contributed by atoms with E-state index in [4.69, 9.17) is 14.2 Å². The number of hydrogen-bond donors (Lipinski definition) is 0. The molecule has 0 rings (SSSR count). The first-order chi connectivity index (χ1) is 27.1. The molecule has 2 atom stereocenters. The van der Waals surface area contributed by atoms with Crippen molar-refractivity contribution in [2.45, 2.75) is 122 Å². The first-order valence-electron chi connectivity index (χ1n) is 20.6. The van der Waals surface area contributed by atoms with Crippen molar-refractivity contribution in [1.29, 1.82) is 0 Å². The zero-order valence-corrected chi connectivity index (χ0v) is 35.2. The molecule has 0 aromatic rings. The number of rotatable bonds is 34. The second kappa shape index (κ2) is 37.6. The summed E-state index contributed by atoms with van der Waals surface area (Å²) in [6.07, 6.45) is 52.6. The third-order valence-corrected chi connectivity index (χ3v) is 8.12. The van der Waals surface area contributed by atoms with Crippen molar-refractivity contribution < 1.29 is 38.2 Å². The number of hydrogen-bond acceptors (Lipinski definition) is 7. The Hall–Kier alpha value is -4.27. The molecule has 0 saturated carbocycles. The van der Waals surface area contributed by atoms with E-state index in [1.165, 1.54) is 0 Å². The Labute approximate surface area is 340 Å². The molecule has 0 aromatic carbocycles. The van der Waals surface area contributed by atoms with Gasteiger partial charge in [0, 0.05) is 19.3 Å². The molecule has 0 aliphatic rings. The highest BCUT2D eigenvalue weighted by molar-refractivity contribution is 5.70. The summed E-state index contributed by atoms with van der Waals surface area (Å²) in [7, 11) is 5.34. The summed E-state index contributed by atoms with van der Waals surface area (Å²) in [6.45, 7) is 4.23. The lowest BCUT2D eigenvalue weighted by molar-refractivity contribution is -0.889. The van der Waals surface area contributed by atoms with Crippen LogP contribution >= 0.6 is 0 Å². The lowest BCUT2D eigenvalue weighted by Gasteiger charge is -2.34. The minimum absolute atomic E-state index is 0.0211. The van der Waals surface area contributed by atoms with Gasteiger partial charge in [-0.15, -0.1) is 0 Å². The number of nitrogens with zero attached hydrogens (tertiary/aromatic N) is 1. The standard InChI is InChI=1S/C48H73NO7/c1-6-8-10-12-14-16-18-20-21-22-23-24-25-27-29-31-33-35-37-39-47(51)56-44(42-54-41-40-45(48(52)53)49(3,4)5)43-55-46(50)38-36-34-32-30-28-26-19-17-15-13-11-9-7-2/h8-11,14-17,20-21,23-24,26-29,32-35,44-45H,6-7,12-13,18-19,22,25,30-31,36-43H2,1-5H3/b10-8-,11-9-,16-14-,17-15-,21-20-,24-23-,28-26-,29-27-,34-32-,35-33-. The molecule has 0 aliphatic heterocycles. The number of carbonyl (C=O) groups is 3. The van der Waals surface area contributed by atoms with E-state index in [0.717, 1.165) is 64.2 Å². The monoisotopic (exact) mass is 776 g/mol. The average Bonchev–Trinajstić information content (AvgIpc) is 3.15. The summed E-state index contributed by atoms with van der Waals surface area (Å²) in [6, 6.07) is -0.756. The molecule has 8 heteroatoms. The molecule has 0 radical (unpaired) electrons. The number of carboxylic acid groups (broad SMARTS) is 1. The number of carboxylic acids is 1. The Morgan fingerprint density at radius 3 is 1.23 bits per heavy atom. The van der Waals surface area contributed by atoms with Crippen LogP contribution < -0.4 is 5.11 Å². The lowest BCUT2D eigenvalue weighted by atomic mass is 10.1. The Bertz CT molecular complexity index is 1320. The van der Waals surface area contributed by atoms with Gasteiger partial charge in [-0.1, -0.05) is 135 Å². The van der Waals surface area contributed by atoms with Crippen molar-refractivity contribution >= 4 is 17.9 Å². The van der Waals surface area contributed by atoms with E-state index in [9.17, 15) is 19.5 Å². The van der Waals surface area contributed by atoms with Gasteiger partial charge in [-0.05, 0) is 77.0 Å². The van der Waals surface area contributed by atoms with Crippen LogP contribution in [0.4, 0.5) is 0 Å². The van der Waals surface area contributed by atoms with Gasteiger partial charge in [-0.2, -0.15) is 0 Å². The lowest BCUT2D eigenvalue weighted by Crippen LogP contribution is -2.55. The van der Waals surface area contributed by atoms with Gasteiger partial charge in [0.25, 0.3) is 0 Å². The first kappa shape index (κ1) is 51.7. The van der Waals surface area contributed by atoms with Crippen LogP contribution in [0.25, 0.3) is 0 Å². The number of aliphatic carboxylic acids is 1. The maximum atomic E-state index is 12.7. The second-order valence-corrected chi connectivity index (χ2v) is 14.1. The smallest absolute Gasteiger partial charge is 0.306 e. The van der Waals surface area contributed by atoms with Crippen molar-refractivity contribution in [3.05, 3.63) is 122 Å². The second-order valence-electron chi connectivity index (χ2n) is 14.1. The number of quaternary nitrogens is 1. The molecule has 0 spiro atoms. The summed E-state index contributed by atoms with van der Waals surface area (Å²) in [4.78, 5) is 36.7. The molecule has 0 N–H and O–H groups in total. The normalized spacial score (nSPS) is 14.2. The van der Waals surface area contributed by atoms with Crippen LogP contribution in [0, 0.1) is 0 Å². The van der Waals surface area contributed by atoms with Crippen LogP contribution in [-0.4, -0.2) is 75.5 Å². The number of carbonyl (C=O) groups excluding carboxylic acids is 3. The molecule has 0 aromatic heterocycles. The molecule has 2 unspecified atom stereocenters. The van der Waals surface area contributed by atoms with Crippen LogP contribution in [0.1, 0.15) is 110 Å². The highest BCUT2D eigenvalue weighted by atomic mass is 16.6. The summed E-state index contributed by atoms with van der Waals surface area (Å²) in [5.74, 6) is -1.97. The van der Waals surface area contributed by atoms with Crippen LogP contribution in [0.3, 0.4) is 0 Å². The fourth-order valence-electron chi connectivity index (χ4n) is 4.99. The third-order valence-electron chi connectivity index (χ3n) is 8.12. The van der Waals surface area contributed by atoms with Gasteiger partial charge in [-0.3, -0.25) is 9.59 Å². The van der Waals surface area contributed by atoms with Crippen molar-refractivity contribution in [3.63, 3.8) is 0 Å². The third kappa shape index (κ3) is 35.4. The summed E-state index contributed by atoms with van der Waals surface area (Å²) < 4.78 is 16.9. The fourth-order valence-corrected chi connectivity index (χ4v) is 4.99.